The molecule has 80 valence electrons. The third kappa shape index (κ3) is 1.65. The molecule has 1 N–H and O–H groups in total. The number of rotatable bonds is 1. The first-order valence-corrected chi connectivity index (χ1v) is 5.21. The second kappa shape index (κ2) is 3.70. The number of likely N-dealkylation sites (N-methyl/N-ethyl adjacent to an activating group) is 1. The predicted octanol–water partition coefficient (Wildman–Crippen LogP) is 1.90. The summed E-state index contributed by atoms with van der Waals surface area (Å²) in [5, 5.41) is 3.25. The van der Waals surface area contributed by atoms with E-state index >= 15 is 0 Å². The molecular weight excluding hydrogens is 214 g/mol. The van der Waals surface area contributed by atoms with E-state index in [9.17, 15) is 4.79 Å². The van der Waals surface area contributed by atoms with Gasteiger partial charge in [0.25, 0.3) is 0 Å². The molecule has 0 fully saturated rings. The van der Waals surface area contributed by atoms with Crippen molar-refractivity contribution in [1.82, 2.24) is 4.98 Å². The number of carbonyl (C=O) groups excluding carboxylic acids is 1. The van der Waals surface area contributed by atoms with Crippen LogP contribution in [0.3, 0.4) is 0 Å². The summed E-state index contributed by atoms with van der Waals surface area (Å²) in [4.78, 5) is 17.7. The number of amides is 1. The highest BCUT2D eigenvalue weighted by Gasteiger charge is 2.29. The van der Waals surface area contributed by atoms with Gasteiger partial charge in [-0.05, 0) is 18.6 Å². The van der Waals surface area contributed by atoms with E-state index in [1.807, 2.05) is 18.9 Å². The fourth-order valence-electron chi connectivity index (χ4n) is 1.79. The van der Waals surface area contributed by atoms with E-state index in [1.54, 1.807) is 12.1 Å². The molecule has 0 bridgehead atoms. The van der Waals surface area contributed by atoms with Crippen molar-refractivity contribution in [3.05, 3.63) is 17.3 Å². The Balaban J connectivity index is 2.46. The first kappa shape index (κ1) is 10.2. The van der Waals surface area contributed by atoms with Crippen LogP contribution in [0.5, 0.6) is 0 Å². The van der Waals surface area contributed by atoms with E-state index in [4.69, 9.17) is 11.6 Å². The van der Waals surface area contributed by atoms with Gasteiger partial charge in [0.2, 0.25) is 5.91 Å². The van der Waals surface area contributed by atoms with E-state index < -0.39 is 0 Å². The van der Waals surface area contributed by atoms with Gasteiger partial charge in [0, 0.05) is 7.05 Å². The molecule has 1 aromatic rings. The lowest BCUT2D eigenvalue weighted by atomic mass is 10.1. The molecule has 15 heavy (non-hydrogen) atoms. The van der Waals surface area contributed by atoms with Crippen molar-refractivity contribution in [3.8, 4) is 0 Å². The third-order valence-corrected chi connectivity index (χ3v) is 2.80. The molecule has 2 heterocycles. The molecule has 2 rings (SSSR count). The summed E-state index contributed by atoms with van der Waals surface area (Å²) < 4.78 is 0. The van der Waals surface area contributed by atoms with Crippen LogP contribution in [0.2, 0.25) is 5.15 Å². The van der Waals surface area contributed by atoms with E-state index in [0.29, 0.717) is 5.15 Å². The van der Waals surface area contributed by atoms with Crippen LogP contribution in [0.4, 0.5) is 11.5 Å². The number of nitrogens with zero attached hydrogens (tertiary/aromatic N) is 2. The molecule has 1 aromatic heterocycles. The Kier molecular flexibility index (Phi) is 2.52. The zero-order valence-corrected chi connectivity index (χ0v) is 9.38. The summed E-state index contributed by atoms with van der Waals surface area (Å²) in [5.41, 5.74) is 0.719. The van der Waals surface area contributed by atoms with Gasteiger partial charge in [-0.1, -0.05) is 18.5 Å². The molecule has 0 radical (unpaired) electrons. The number of halogens is 1. The molecule has 0 spiro atoms. The maximum absolute atomic E-state index is 11.7. The monoisotopic (exact) mass is 225 g/mol. The molecule has 1 aliphatic rings. The summed E-state index contributed by atoms with van der Waals surface area (Å²) >= 11 is 5.82. The van der Waals surface area contributed by atoms with Crippen molar-refractivity contribution in [3.63, 3.8) is 0 Å². The summed E-state index contributed by atoms with van der Waals surface area (Å²) in [6, 6.07) is 3.27. The van der Waals surface area contributed by atoms with Gasteiger partial charge < -0.3 is 10.2 Å². The minimum atomic E-state index is -0.163. The third-order valence-electron chi connectivity index (χ3n) is 2.59. The maximum atomic E-state index is 11.7. The van der Waals surface area contributed by atoms with E-state index in [1.165, 1.54) is 0 Å². The summed E-state index contributed by atoms with van der Waals surface area (Å²) in [5.74, 6) is 0.741. The largest absolute Gasteiger partial charge is 0.346 e. The molecule has 0 saturated heterocycles. The molecule has 0 saturated carbocycles. The average Bonchev–Trinajstić information content (AvgIpc) is 2.20. The highest BCUT2D eigenvalue weighted by atomic mass is 35.5. The Hall–Kier alpha value is -1.29. The number of anilines is 2. The zero-order chi connectivity index (χ0) is 11.0. The zero-order valence-electron chi connectivity index (χ0n) is 8.62. The lowest BCUT2D eigenvalue weighted by Crippen LogP contribution is -2.46. The minimum absolute atomic E-state index is 0.0108. The van der Waals surface area contributed by atoms with Gasteiger partial charge in [0.1, 0.15) is 11.2 Å². The fraction of sp³-hybridized carbons (Fsp3) is 0.400. The van der Waals surface area contributed by atoms with Gasteiger partial charge in [-0.3, -0.25) is 4.79 Å². The number of hydrogen-bond acceptors (Lipinski definition) is 3. The second-order valence-electron chi connectivity index (χ2n) is 3.53. The van der Waals surface area contributed by atoms with Gasteiger partial charge >= 0.3 is 0 Å². The van der Waals surface area contributed by atoms with Crippen molar-refractivity contribution in [1.29, 1.82) is 0 Å². The number of pyridine rings is 1. The highest BCUT2D eigenvalue weighted by Crippen LogP contribution is 2.30. The molecule has 5 heteroatoms. The van der Waals surface area contributed by atoms with Crippen LogP contribution >= 0.6 is 11.6 Å². The van der Waals surface area contributed by atoms with Gasteiger partial charge in [0.05, 0.1) is 5.69 Å². The first-order valence-electron chi connectivity index (χ1n) is 4.83. The summed E-state index contributed by atoms with van der Waals surface area (Å²) in [6.45, 7) is 1.97. The Morgan fingerprint density at radius 2 is 2.33 bits per heavy atom. The van der Waals surface area contributed by atoms with Crippen molar-refractivity contribution in [2.75, 3.05) is 17.3 Å². The molecule has 1 atom stereocenters. The lowest BCUT2D eigenvalue weighted by Gasteiger charge is -2.33. The Morgan fingerprint density at radius 1 is 1.60 bits per heavy atom. The van der Waals surface area contributed by atoms with Crippen molar-refractivity contribution < 1.29 is 4.79 Å². The quantitative estimate of drug-likeness (QED) is 0.743. The number of carbonyl (C=O) groups is 1. The Morgan fingerprint density at radius 3 is 3.00 bits per heavy atom. The molecular formula is C10H12ClN3O. The maximum Gasteiger partial charge on any atom is 0.247 e. The molecule has 1 amide bonds. The average molecular weight is 226 g/mol. The van der Waals surface area contributed by atoms with E-state index in [2.05, 4.69) is 10.3 Å². The van der Waals surface area contributed by atoms with Gasteiger partial charge in [-0.25, -0.2) is 4.98 Å². The van der Waals surface area contributed by atoms with Crippen molar-refractivity contribution in [2.45, 2.75) is 19.4 Å². The number of hydrogen-bond donors (Lipinski definition) is 1. The molecule has 4 nitrogen and oxygen atoms in total. The topological polar surface area (TPSA) is 45.2 Å². The van der Waals surface area contributed by atoms with Crippen LogP contribution in [0, 0.1) is 0 Å². The standard InChI is InChI=1S/C10H12ClN3O/c1-3-7-10(15)12-6-4-5-8(11)13-9(6)14(7)2/h4-5,7H,3H2,1-2H3,(H,12,15). The highest BCUT2D eigenvalue weighted by molar-refractivity contribution is 6.29. The smallest absolute Gasteiger partial charge is 0.247 e. The van der Waals surface area contributed by atoms with Crippen LogP contribution in [0.25, 0.3) is 0 Å². The first-order chi connectivity index (χ1) is 7.13. The van der Waals surface area contributed by atoms with Crippen molar-refractivity contribution >= 4 is 29.0 Å². The van der Waals surface area contributed by atoms with Crippen LogP contribution in [0.1, 0.15) is 13.3 Å². The van der Waals surface area contributed by atoms with Crippen LogP contribution < -0.4 is 10.2 Å². The Bertz CT molecular complexity index is 408. The van der Waals surface area contributed by atoms with Gasteiger partial charge in [0.15, 0.2) is 5.82 Å². The molecule has 0 aromatic carbocycles. The number of fused-ring (bicyclic) bond motifs is 1. The van der Waals surface area contributed by atoms with Crippen LogP contribution in [-0.4, -0.2) is 24.0 Å². The Labute approximate surface area is 93.2 Å². The lowest BCUT2D eigenvalue weighted by molar-refractivity contribution is -0.117. The van der Waals surface area contributed by atoms with Gasteiger partial charge in [-0.2, -0.15) is 0 Å². The van der Waals surface area contributed by atoms with Crippen molar-refractivity contribution in [2.24, 2.45) is 0 Å². The summed E-state index contributed by atoms with van der Waals surface area (Å²) in [6.07, 6.45) is 0.746. The number of nitrogens with one attached hydrogen (secondary N) is 1. The summed E-state index contributed by atoms with van der Waals surface area (Å²) in [7, 11) is 1.86. The normalized spacial score (nSPS) is 19.8. The number of aromatic nitrogens is 1. The molecule has 1 unspecified atom stereocenters. The van der Waals surface area contributed by atoms with E-state index in [0.717, 1.165) is 17.9 Å². The predicted molar refractivity (Wildman–Crippen MR) is 60.4 cm³/mol. The molecule has 1 aliphatic heterocycles. The minimum Gasteiger partial charge on any atom is -0.346 e. The van der Waals surface area contributed by atoms with E-state index in [-0.39, 0.29) is 11.9 Å². The van der Waals surface area contributed by atoms with Crippen LogP contribution in [-0.2, 0) is 4.79 Å². The SMILES string of the molecule is CCC1C(=O)Nc2ccc(Cl)nc2N1C. The molecule has 0 aliphatic carbocycles. The fourth-order valence-corrected chi connectivity index (χ4v) is 1.93. The van der Waals surface area contributed by atoms with Gasteiger partial charge in [-0.15, -0.1) is 0 Å². The second-order valence-corrected chi connectivity index (χ2v) is 3.92. The van der Waals surface area contributed by atoms with Crippen LogP contribution in [0.15, 0.2) is 12.1 Å².